The summed E-state index contributed by atoms with van der Waals surface area (Å²) in [7, 11) is 0. The van der Waals surface area contributed by atoms with Crippen LogP contribution in [0.4, 0.5) is 0 Å². The topological polar surface area (TPSA) is 46.9 Å². The number of hydrogen-bond donors (Lipinski definition) is 1. The summed E-state index contributed by atoms with van der Waals surface area (Å²) >= 11 is 0. The Hall–Kier alpha value is -1.32. The zero-order valence-corrected chi connectivity index (χ0v) is 8.95. The Morgan fingerprint density at radius 1 is 1.64 bits per heavy atom. The second-order valence-corrected chi connectivity index (χ2v) is 3.31. The minimum Gasteiger partial charge on any atom is -0.348 e. The summed E-state index contributed by atoms with van der Waals surface area (Å²) in [6, 6.07) is 1.95. The third kappa shape index (κ3) is 2.34. The molecule has 0 bridgehead atoms. The van der Waals surface area contributed by atoms with Crippen LogP contribution in [0, 0.1) is 0 Å². The van der Waals surface area contributed by atoms with Crippen molar-refractivity contribution in [2.45, 2.75) is 39.8 Å². The molecule has 0 saturated heterocycles. The Morgan fingerprint density at radius 3 is 2.93 bits per heavy atom. The quantitative estimate of drug-likeness (QED) is 0.790. The van der Waals surface area contributed by atoms with Crippen molar-refractivity contribution in [1.29, 1.82) is 0 Å². The maximum Gasteiger partial charge on any atom is 0.269 e. The van der Waals surface area contributed by atoms with E-state index in [1.54, 1.807) is 16.9 Å². The summed E-state index contributed by atoms with van der Waals surface area (Å²) in [5, 5.41) is 6.95. The number of amides is 1. The molecule has 1 aromatic heterocycles. The van der Waals surface area contributed by atoms with E-state index >= 15 is 0 Å². The van der Waals surface area contributed by atoms with Crippen LogP contribution in [-0.4, -0.2) is 21.7 Å². The number of carbonyl (C=O) groups excluding carboxylic acids is 1. The molecule has 0 radical (unpaired) electrons. The highest BCUT2D eigenvalue weighted by Crippen LogP contribution is 2.00. The fourth-order valence-corrected chi connectivity index (χ4v) is 1.18. The standard InChI is InChI=1S/C10H17N3O/c1-4-8(3)12-10(14)9-6-7-11-13(9)5-2/h6-8H,4-5H2,1-3H3,(H,12,14). The third-order valence-corrected chi connectivity index (χ3v) is 2.24. The number of aromatic nitrogens is 2. The first-order valence-electron chi connectivity index (χ1n) is 5.01. The van der Waals surface area contributed by atoms with Crippen molar-refractivity contribution in [3.63, 3.8) is 0 Å². The van der Waals surface area contributed by atoms with E-state index < -0.39 is 0 Å². The van der Waals surface area contributed by atoms with E-state index in [1.165, 1.54) is 0 Å². The molecule has 14 heavy (non-hydrogen) atoms. The lowest BCUT2D eigenvalue weighted by atomic mass is 10.2. The third-order valence-electron chi connectivity index (χ3n) is 2.24. The summed E-state index contributed by atoms with van der Waals surface area (Å²) in [5.74, 6) is -0.0429. The lowest BCUT2D eigenvalue weighted by Gasteiger charge is -2.11. The van der Waals surface area contributed by atoms with E-state index in [0.717, 1.165) is 13.0 Å². The van der Waals surface area contributed by atoms with E-state index in [2.05, 4.69) is 10.4 Å². The Balaban J connectivity index is 2.69. The van der Waals surface area contributed by atoms with Crippen LogP contribution < -0.4 is 5.32 Å². The van der Waals surface area contributed by atoms with Crippen LogP contribution in [0.2, 0.25) is 0 Å². The predicted octanol–water partition coefficient (Wildman–Crippen LogP) is 1.43. The molecule has 1 rings (SSSR count). The molecule has 1 unspecified atom stereocenters. The summed E-state index contributed by atoms with van der Waals surface area (Å²) in [6.07, 6.45) is 2.58. The molecule has 0 fully saturated rings. The van der Waals surface area contributed by atoms with Gasteiger partial charge in [-0.3, -0.25) is 9.48 Å². The van der Waals surface area contributed by atoms with Crippen molar-refractivity contribution in [3.8, 4) is 0 Å². The van der Waals surface area contributed by atoms with Crippen molar-refractivity contribution >= 4 is 5.91 Å². The Kier molecular flexibility index (Phi) is 3.68. The van der Waals surface area contributed by atoms with Crippen LogP contribution in [-0.2, 0) is 6.54 Å². The first-order valence-corrected chi connectivity index (χ1v) is 5.01. The molecule has 0 aliphatic rings. The average molecular weight is 195 g/mol. The number of hydrogen-bond acceptors (Lipinski definition) is 2. The summed E-state index contributed by atoms with van der Waals surface area (Å²) in [6.45, 7) is 6.72. The highest BCUT2D eigenvalue weighted by atomic mass is 16.2. The van der Waals surface area contributed by atoms with Gasteiger partial charge in [-0.15, -0.1) is 0 Å². The summed E-state index contributed by atoms with van der Waals surface area (Å²) in [4.78, 5) is 11.7. The largest absolute Gasteiger partial charge is 0.348 e. The molecule has 0 aliphatic heterocycles. The molecular formula is C10H17N3O. The number of aryl methyl sites for hydroxylation is 1. The zero-order valence-electron chi connectivity index (χ0n) is 8.95. The van der Waals surface area contributed by atoms with Gasteiger partial charge in [0.05, 0.1) is 0 Å². The average Bonchev–Trinajstić information content (AvgIpc) is 2.65. The van der Waals surface area contributed by atoms with Crippen LogP contribution >= 0.6 is 0 Å². The van der Waals surface area contributed by atoms with Crippen molar-refractivity contribution in [1.82, 2.24) is 15.1 Å². The number of carbonyl (C=O) groups is 1. The molecule has 1 aromatic rings. The van der Waals surface area contributed by atoms with Gasteiger partial charge in [-0.25, -0.2) is 0 Å². The zero-order chi connectivity index (χ0) is 10.6. The SMILES string of the molecule is CCC(C)NC(=O)c1ccnn1CC. The first-order chi connectivity index (χ1) is 6.69. The molecular weight excluding hydrogens is 178 g/mol. The van der Waals surface area contributed by atoms with Gasteiger partial charge in [0.15, 0.2) is 0 Å². The summed E-state index contributed by atoms with van der Waals surface area (Å²) in [5.41, 5.74) is 0.632. The van der Waals surface area contributed by atoms with Crippen LogP contribution in [0.5, 0.6) is 0 Å². The van der Waals surface area contributed by atoms with Crippen LogP contribution in [0.3, 0.4) is 0 Å². The molecule has 4 heteroatoms. The van der Waals surface area contributed by atoms with Crippen LogP contribution in [0.1, 0.15) is 37.7 Å². The van der Waals surface area contributed by atoms with Gasteiger partial charge in [0.1, 0.15) is 5.69 Å². The number of nitrogens with zero attached hydrogens (tertiary/aromatic N) is 2. The fraction of sp³-hybridized carbons (Fsp3) is 0.600. The summed E-state index contributed by atoms with van der Waals surface area (Å²) < 4.78 is 1.69. The lowest BCUT2D eigenvalue weighted by molar-refractivity contribution is 0.0928. The van der Waals surface area contributed by atoms with E-state index in [-0.39, 0.29) is 11.9 Å². The van der Waals surface area contributed by atoms with E-state index in [9.17, 15) is 4.79 Å². The predicted molar refractivity (Wildman–Crippen MR) is 55.1 cm³/mol. The van der Waals surface area contributed by atoms with E-state index in [0.29, 0.717) is 5.69 Å². The maximum atomic E-state index is 11.7. The first kappa shape index (κ1) is 10.8. The van der Waals surface area contributed by atoms with Gasteiger partial charge in [0.25, 0.3) is 5.91 Å². The van der Waals surface area contributed by atoms with Crippen molar-refractivity contribution in [2.24, 2.45) is 0 Å². The monoisotopic (exact) mass is 195 g/mol. The highest BCUT2D eigenvalue weighted by molar-refractivity contribution is 5.92. The minimum absolute atomic E-state index is 0.0429. The minimum atomic E-state index is -0.0429. The Bertz CT molecular complexity index is 306. The van der Waals surface area contributed by atoms with Gasteiger partial charge in [-0.05, 0) is 26.3 Å². The molecule has 0 aliphatic carbocycles. The fourth-order valence-electron chi connectivity index (χ4n) is 1.18. The number of nitrogens with one attached hydrogen (secondary N) is 1. The molecule has 78 valence electrons. The van der Waals surface area contributed by atoms with Gasteiger partial charge in [0, 0.05) is 18.8 Å². The van der Waals surface area contributed by atoms with Gasteiger partial charge in [-0.1, -0.05) is 6.92 Å². The lowest BCUT2D eigenvalue weighted by Crippen LogP contribution is -2.33. The maximum absolute atomic E-state index is 11.7. The molecule has 1 heterocycles. The highest BCUT2D eigenvalue weighted by Gasteiger charge is 2.12. The Labute approximate surface area is 84.3 Å². The van der Waals surface area contributed by atoms with E-state index in [1.807, 2.05) is 20.8 Å². The Morgan fingerprint density at radius 2 is 2.36 bits per heavy atom. The van der Waals surface area contributed by atoms with E-state index in [4.69, 9.17) is 0 Å². The van der Waals surface area contributed by atoms with Crippen molar-refractivity contribution in [3.05, 3.63) is 18.0 Å². The normalized spacial score (nSPS) is 12.5. The molecule has 1 atom stereocenters. The molecule has 0 aromatic carbocycles. The molecule has 1 amide bonds. The van der Waals surface area contributed by atoms with Gasteiger partial charge >= 0.3 is 0 Å². The molecule has 0 saturated carbocycles. The van der Waals surface area contributed by atoms with Crippen molar-refractivity contribution < 1.29 is 4.79 Å². The molecule has 4 nitrogen and oxygen atoms in total. The van der Waals surface area contributed by atoms with Gasteiger partial charge in [0.2, 0.25) is 0 Å². The second-order valence-electron chi connectivity index (χ2n) is 3.31. The number of rotatable bonds is 4. The van der Waals surface area contributed by atoms with Crippen LogP contribution in [0.25, 0.3) is 0 Å². The van der Waals surface area contributed by atoms with Gasteiger partial charge in [-0.2, -0.15) is 5.10 Å². The smallest absolute Gasteiger partial charge is 0.269 e. The van der Waals surface area contributed by atoms with Crippen LogP contribution in [0.15, 0.2) is 12.3 Å². The second kappa shape index (κ2) is 4.79. The molecule has 1 N–H and O–H groups in total. The van der Waals surface area contributed by atoms with Crippen molar-refractivity contribution in [2.75, 3.05) is 0 Å². The molecule has 0 spiro atoms. The van der Waals surface area contributed by atoms with Gasteiger partial charge < -0.3 is 5.32 Å².